The first-order valence-corrected chi connectivity index (χ1v) is 7.43. The quantitative estimate of drug-likeness (QED) is 0.758. The van der Waals surface area contributed by atoms with Gasteiger partial charge >= 0.3 is 0 Å². The van der Waals surface area contributed by atoms with Crippen molar-refractivity contribution in [3.8, 4) is 0 Å². The highest BCUT2D eigenvalue weighted by atomic mass is 32.1. The molecule has 0 aliphatic carbocycles. The summed E-state index contributed by atoms with van der Waals surface area (Å²) in [4.78, 5) is 12.1. The number of benzene rings is 2. The van der Waals surface area contributed by atoms with Gasteiger partial charge in [0.25, 0.3) is 0 Å². The molecule has 1 atom stereocenters. The molecule has 22 heavy (non-hydrogen) atoms. The van der Waals surface area contributed by atoms with E-state index in [9.17, 15) is 4.79 Å². The number of amides is 1. The van der Waals surface area contributed by atoms with Gasteiger partial charge in [-0.1, -0.05) is 42.5 Å². The highest BCUT2D eigenvalue weighted by molar-refractivity contribution is 7.80. The van der Waals surface area contributed by atoms with Gasteiger partial charge in [-0.05, 0) is 48.8 Å². The monoisotopic (exact) mass is 313 g/mol. The molecular formula is C17H19N3OS. The minimum atomic E-state index is -0.639. The van der Waals surface area contributed by atoms with Gasteiger partial charge in [0.1, 0.15) is 0 Å². The SMILES string of the molecule is Cc1cccc(NC(=S)NC(=O)[C@@H](N)Cc2ccccc2)c1. The molecule has 0 aromatic heterocycles. The summed E-state index contributed by atoms with van der Waals surface area (Å²) in [5.41, 5.74) is 8.88. The van der Waals surface area contributed by atoms with Gasteiger partial charge in [0, 0.05) is 5.69 Å². The summed E-state index contributed by atoms with van der Waals surface area (Å²) in [5.74, 6) is -0.297. The lowest BCUT2D eigenvalue weighted by Gasteiger charge is -2.14. The molecule has 1 amide bonds. The number of nitrogens with two attached hydrogens (primary N) is 1. The third kappa shape index (κ3) is 4.95. The summed E-state index contributed by atoms with van der Waals surface area (Å²) < 4.78 is 0. The Labute approximate surface area is 135 Å². The van der Waals surface area contributed by atoms with Crippen molar-refractivity contribution in [3.63, 3.8) is 0 Å². The minimum absolute atomic E-state index is 0.249. The van der Waals surface area contributed by atoms with Gasteiger partial charge in [-0.3, -0.25) is 4.79 Å². The zero-order valence-corrected chi connectivity index (χ0v) is 13.2. The molecule has 2 aromatic rings. The minimum Gasteiger partial charge on any atom is -0.332 e. The van der Waals surface area contributed by atoms with Crippen molar-refractivity contribution in [1.29, 1.82) is 0 Å². The van der Waals surface area contributed by atoms with E-state index in [4.69, 9.17) is 18.0 Å². The van der Waals surface area contributed by atoms with Crippen molar-refractivity contribution < 1.29 is 4.79 Å². The fraction of sp³-hybridized carbons (Fsp3) is 0.176. The van der Waals surface area contributed by atoms with Gasteiger partial charge in [0.15, 0.2) is 5.11 Å². The number of rotatable bonds is 4. The normalized spacial score (nSPS) is 11.5. The molecule has 4 N–H and O–H groups in total. The third-order valence-corrected chi connectivity index (χ3v) is 3.35. The van der Waals surface area contributed by atoms with Crippen molar-refractivity contribution in [3.05, 3.63) is 65.7 Å². The van der Waals surface area contributed by atoms with E-state index in [1.807, 2.05) is 61.5 Å². The van der Waals surface area contributed by atoms with Crippen LogP contribution in [0.4, 0.5) is 5.69 Å². The average Bonchev–Trinajstić information content (AvgIpc) is 2.48. The number of nitrogens with one attached hydrogen (secondary N) is 2. The predicted octanol–water partition coefficient (Wildman–Crippen LogP) is 2.38. The number of carbonyl (C=O) groups is 1. The Morgan fingerprint density at radius 3 is 2.59 bits per heavy atom. The number of carbonyl (C=O) groups excluding carboxylic acids is 1. The number of hydrogen-bond donors (Lipinski definition) is 3. The summed E-state index contributed by atoms with van der Waals surface area (Å²) in [6.07, 6.45) is 0.472. The van der Waals surface area contributed by atoms with E-state index in [2.05, 4.69) is 10.6 Å². The first kappa shape index (κ1) is 16.1. The zero-order chi connectivity index (χ0) is 15.9. The van der Waals surface area contributed by atoms with Gasteiger partial charge in [-0.25, -0.2) is 0 Å². The maximum absolute atomic E-state index is 12.1. The topological polar surface area (TPSA) is 67.1 Å². The first-order chi connectivity index (χ1) is 10.5. The molecule has 0 radical (unpaired) electrons. The van der Waals surface area contributed by atoms with Crippen LogP contribution in [0.15, 0.2) is 54.6 Å². The van der Waals surface area contributed by atoms with Crippen LogP contribution in [0.3, 0.4) is 0 Å². The zero-order valence-electron chi connectivity index (χ0n) is 12.4. The molecule has 114 valence electrons. The Hall–Kier alpha value is -2.24. The fourth-order valence-electron chi connectivity index (χ4n) is 2.05. The first-order valence-electron chi connectivity index (χ1n) is 7.02. The van der Waals surface area contributed by atoms with Gasteiger partial charge in [0.05, 0.1) is 6.04 Å². The molecular weight excluding hydrogens is 294 g/mol. The second-order valence-electron chi connectivity index (χ2n) is 5.11. The second-order valence-corrected chi connectivity index (χ2v) is 5.52. The van der Waals surface area contributed by atoms with Gasteiger partial charge in [-0.15, -0.1) is 0 Å². The highest BCUT2D eigenvalue weighted by Crippen LogP contribution is 2.09. The van der Waals surface area contributed by atoms with Crippen LogP contribution in [0.2, 0.25) is 0 Å². The number of anilines is 1. The molecule has 0 saturated heterocycles. The van der Waals surface area contributed by atoms with Crippen molar-refractivity contribution >= 4 is 28.9 Å². The van der Waals surface area contributed by atoms with Crippen LogP contribution in [0, 0.1) is 6.92 Å². The van der Waals surface area contributed by atoms with Crippen LogP contribution in [0.25, 0.3) is 0 Å². The highest BCUT2D eigenvalue weighted by Gasteiger charge is 2.15. The van der Waals surface area contributed by atoms with Gasteiger partial charge in [-0.2, -0.15) is 0 Å². The van der Waals surface area contributed by atoms with Crippen LogP contribution < -0.4 is 16.4 Å². The molecule has 0 bridgehead atoms. The number of thiocarbonyl (C=S) groups is 1. The lowest BCUT2D eigenvalue weighted by atomic mass is 10.1. The van der Waals surface area contributed by atoms with E-state index in [0.29, 0.717) is 6.42 Å². The Bertz CT molecular complexity index is 658. The number of hydrogen-bond acceptors (Lipinski definition) is 3. The molecule has 0 fully saturated rings. The van der Waals surface area contributed by atoms with E-state index >= 15 is 0 Å². The largest absolute Gasteiger partial charge is 0.332 e. The molecule has 4 nitrogen and oxygen atoms in total. The van der Waals surface area contributed by atoms with E-state index in [-0.39, 0.29) is 11.0 Å². The Balaban J connectivity index is 1.87. The Morgan fingerprint density at radius 2 is 1.91 bits per heavy atom. The summed E-state index contributed by atoms with van der Waals surface area (Å²) in [6, 6.07) is 16.7. The molecule has 0 aliphatic rings. The lowest BCUT2D eigenvalue weighted by molar-refractivity contribution is -0.120. The predicted molar refractivity (Wildman–Crippen MR) is 93.7 cm³/mol. The summed E-state index contributed by atoms with van der Waals surface area (Å²) in [6.45, 7) is 1.99. The molecule has 0 unspecified atom stereocenters. The maximum atomic E-state index is 12.1. The van der Waals surface area contributed by atoms with Crippen LogP contribution in [0.1, 0.15) is 11.1 Å². The fourth-order valence-corrected chi connectivity index (χ4v) is 2.27. The van der Waals surface area contributed by atoms with Gasteiger partial charge < -0.3 is 16.4 Å². The maximum Gasteiger partial charge on any atom is 0.243 e. The number of aryl methyl sites for hydroxylation is 1. The van der Waals surface area contributed by atoms with E-state index < -0.39 is 6.04 Å². The van der Waals surface area contributed by atoms with Crippen molar-refractivity contribution in [2.24, 2.45) is 5.73 Å². The van der Waals surface area contributed by atoms with Crippen molar-refractivity contribution in [1.82, 2.24) is 5.32 Å². The Kier molecular flexibility index (Phi) is 5.63. The smallest absolute Gasteiger partial charge is 0.243 e. The molecule has 0 heterocycles. The van der Waals surface area contributed by atoms with Crippen LogP contribution >= 0.6 is 12.2 Å². The summed E-state index contributed by atoms with van der Waals surface area (Å²) in [5, 5.41) is 5.85. The van der Waals surface area contributed by atoms with Crippen LogP contribution in [0.5, 0.6) is 0 Å². The summed E-state index contributed by atoms with van der Waals surface area (Å²) >= 11 is 5.14. The van der Waals surface area contributed by atoms with E-state index in [1.54, 1.807) is 0 Å². The summed E-state index contributed by atoms with van der Waals surface area (Å²) in [7, 11) is 0. The standard InChI is InChI=1S/C17H19N3OS/c1-12-6-5-9-14(10-12)19-17(22)20-16(21)15(18)11-13-7-3-2-4-8-13/h2-10,15H,11,18H2,1H3,(H2,19,20,21,22)/t15-/m0/s1. The molecule has 0 saturated carbocycles. The molecule has 2 rings (SSSR count). The van der Waals surface area contributed by atoms with Crippen LogP contribution in [-0.4, -0.2) is 17.1 Å². The molecule has 0 spiro atoms. The third-order valence-electron chi connectivity index (χ3n) is 3.15. The van der Waals surface area contributed by atoms with Crippen molar-refractivity contribution in [2.45, 2.75) is 19.4 Å². The van der Waals surface area contributed by atoms with E-state index in [0.717, 1.165) is 16.8 Å². The van der Waals surface area contributed by atoms with Crippen molar-refractivity contribution in [2.75, 3.05) is 5.32 Å². The van der Waals surface area contributed by atoms with Crippen LogP contribution in [-0.2, 0) is 11.2 Å². The molecule has 5 heteroatoms. The molecule has 0 aliphatic heterocycles. The second kappa shape index (κ2) is 7.68. The van der Waals surface area contributed by atoms with E-state index in [1.165, 1.54) is 0 Å². The Morgan fingerprint density at radius 1 is 1.18 bits per heavy atom. The van der Waals surface area contributed by atoms with Gasteiger partial charge in [0.2, 0.25) is 5.91 Å². The average molecular weight is 313 g/mol. The lowest BCUT2D eigenvalue weighted by Crippen LogP contribution is -2.46. The molecule has 2 aromatic carbocycles.